The highest BCUT2D eigenvalue weighted by Crippen LogP contribution is 2.34. The van der Waals surface area contributed by atoms with E-state index in [1.165, 1.54) is 24.3 Å². The number of thiocarbonyl (C=S) groups is 1. The fourth-order valence-corrected chi connectivity index (χ4v) is 3.94. The van der Waals surface area contributed by atoms with Crippen LogP contribution in [-0.2, 0) is 4.79 Å². The molecule has 0 spiro atoms. The molecule has 0 bridgehead atoms. The lowest BCUT2D eigenvalue weighted by atomic mass is 10.1. The van der Waals surface area contributed by atoms with Crippen LogP contribution in [0.25, 0.3) is 6.08 Å². The van der Waals surface area contributed by atoms with Gasteiger partial charge in [-0.15, -0.1) is 0 Å². The summed E-state index contributed by atoms with van der Waals surface area (Å²) in [6.45, 7) is 3.78. The summed E-state index contributed by atoms with van der Waals surface area (Å²) < 4.78 is 7.16. The first-order valence-electron chi connectivity index (χ1n) is 7.59. The Bertz CT molecular complexity index is 945. The lowest BCUT2D eigenvalue weighted by Gasteiger charge is -2.20. The Morgan fingerprint density at radius 2 is 1.88 bits per heavy atom. The normalized spacial score (nSPS) is 15.8. The van der Waals surface area contributed by atoms with Crippen LogP contribution in [0.1, 0.15) is 17.0 Å². The first-order valence-corrected chi connectivity index (χ1v) is 8.81. The molecule has 0 radical (unpaired) electrons. The molecule has 0 aliphatic carbocycles. The first kappa shape index (κ1) is 18.2. The van der Waals surface area contributed by atoms with Crippen molar-refractivity contribution in [2.45, 2.75) is 13.8 Å². The minimum atomic E-state index is -0.520. The van der Waals surface area contributed by atoms with Gasteiger partial charge in [-0.25, -0.2) is 0 Å². The molecule has 1 aliphatic heterocycles. The number of aromatic nitrogens is 1. The maximum atomic E-state index is 12.8. The zero-order valence-electron chi connectivity index (χ0n) is 14.3. The van der Waals surface area contributed by atoms with E-state index in [4.69, 9.17) is 17.0 Å². The number of aryl methyl sites for hydroxylation is 2. The van der Waals surface area contributed by atoms with Crippen LogP contribution in [0.4, 0.5) is 5.69 Å². The lowest BCUT2D eigenvalue weighted by molar-refractivity contribution is -0.385. The van der Waals surface area contributed by atoms with Crippen LogP contribution < -0.4 is 9.75 Å². The number of benzene rings is 1. The lowest BCUT2D eigenvalue weighted by Crippen LogP contribution is -2.39. The monoisotopic (exact) mass is 389 g/mol. The number of ether oxygens (including phenoxy) is 1. The summed E-state index contributed by atoms with van der Waals surface area (Å²) in [6.07, 6.45) is 1.60. The molecular formula is C17H15N3O4S2. The van der Waals surface area contributed by atoms with Crippen molar-refractivity contribution in [2.75, 3.05) is 12.1 Å². The Morgan fingerprint density at radius 1 is 1.23 bits per heavy atom. The summed E-state index contributed by atoms with van der Waals surface area (Å²) in [6, 6.07) is 8.35. The average Bonchev–Trinajstić information content (AvgIpc) is 3.06. The molecule has 7 nitrogen and oxygen atoms in total. The molecule has 26 heavy (non-hydrogen) atoms. The van der Waals surface area contributed by atoms with Crippen molar-refractivity contribution >= 4 is 46.0 Å². The van der Waals surface area contributed by atoms with Crippen molar-refractivity contribution in [2.24, 2.45) is 0 Å². The number of methoxy groups -OCH3 is 1. The highest BCUT2D eigenvalue weighted by atomic mass is 32.2. The third-order valence-corrected chi connectivity index (χ3v) is 5.19. The minimum Gasteiger partial charge on any atom is -0.490 e. The predicted octanol–water partition coefficient (Wildman–Crippen LogP) is 3.56. The van der Waals surface area contributed by atoms with Crippen LogP contribution in [0.2, 0.25) is 0 Å². The van der Waals surface area contributed by atoms with Crippen molar-refractivity contribution in [3.05, 3.63) is 62.3 Å². The van der Waals surface area contributed by atoms with E-state index in [0.29, 0.717) is 14.8 Å². The minimum absolute atomic E-state index is 0.158. The molecular weight excluding hydrogens is 374 g/mol. The number of amides is 1. The molecule has 1 aromatic heterocycles. The fourth-order valence-electron chi connectivity index (χ4n) is 2.70. The average molecular weight is 389 g/mol. The molecule has 1 saturated heterocycles. The van der Waals surface area contributed by atoms with Gasteiger partial charge in [-0.05, 0) is 55.9 Å². The van der Waals surface area contributed by atoms with E-state index in [0.717, 1.165) is 23.1 Å². The van der Waals surface area contributed by atoms with Gasteiger partial charge in [0.2, 0.25) is 0 Å². The van der Waals surface area contributed by atoms with Crippen molar-refractivity contribution in [1.29, 1.82) is 0 Å². The zero-order valence-corrected chi connectivity index (χ0v) is 15.9. The molecule has 134 valence electrons. The molecule has 1 aromatic carbocycles. The van der Waals surface area contributed by atoms with Crippen molar-refractivity contribution in [3.63, 3.8) is 0 Å². The van der Waals surface area contributed by atoms with Gasteiger partial charge in [0.15, 0.2) is 10.1 Å². The van der Waals surface area contributed by atoms with E-state index < -0.39 is 4.92 Å². The SMILES string of the molecule is COc1ccc(/C=C2/SC(=S)N(n3c(C)ccc3C)C2=O)cc1[N+](=O)[O-]. The number of nitro benzene ring substituents is 1. The number of hydrogen-bond acceptors (Lipinski definition) is 6. The summed E-state index contributed by atoms with van der Waals surface area (Å²) in [7, 11) is 1.37. The van der Waals surface area contributed by atoms with E-state index in [1.807, 2.05) is 26.0 Å². The maximum Gasteiger partial charge on any atom is 0.311 e. The molecule has 0 unspecified atom stereocenters. The third kappa shape index (κ3) is 3.11. The summed E-state index contributed by atoms with van der Waals surface area (Å²) in [5.41, 5.74) is 2.15. The Kier molecular flexibility index (Phi) is 4.84. The van der Waals surface area contributed by atoms with Crippen molar-refractivity contribution in [1.82, 2.24) is 4.68 Å². The van der Waals surface area contributed by atoms with E-state index in [2.05, 4.69) is 0 Å². The fraction of sp³-hybridized carbons (Fsp3) is 0.176. The van der Waals surface area contributed by atoms with Gasteiger partial charge in [-0.1, -0.05) is 17.8 Å². The van der Waals surface area contributed by atoms with Gasteiger partial charge in [0, 0.05) is 17.5 Å². The quantitative estimate of drug-likeness (QED) is 0.344. The van der Waals surface area contributed by atoms with Gasteiger partial charge >= 0.3 is 5.69 Å². The van der Waals surface area contributed by atoms with Gasteiger partial charge in [-0.2, -0.15) is 5.01 Å². The van der Waals surface area contributed by atoms with Crippen LogP contribution in [-0.4, -0.2) is 26.9 Å². The topological polar surface area (TPSA) is 77.6 Å². The van der Waals surface area contributed by atoms with Crippen molar-refractivity contribution < 1.29 is 14.5 Å². The molecule has 2 heterocycles. The van der Waals surface area contributed by atoms with Crippen LogP contribution in [0.5, 0.6) is 5.75 Å². The second-order valence-electron chi connectivity index (χ2n) is 5.61. The number of nitro groups is 1. The van der Waals surface area contributed by atoms with Crippen LogP contribution in [0, 0.1) is 24.0 Å². The van der Waals surface area contributed by atoms with E-state index in [1.54, 1.807) is 16.8 Å². The first-order chi connectivity index (χ1) is 12.3. The Balaban J connectivity index is 1.99. The van der Waals surface area contributed by atoms with Crippen LogP contribution in [0.15, 0.2) is 35.2 Å². The molecule has 1 aliphatic rings. The summed E-state index contributed by atoms with van der Waals surface area (Å²) >= 11 is 6.53. The highest BCUT2D eigenvalue weighted by molar-refractivity contribution is 8.27. The van der Waals surface area contributed by atoms with Gasteiger partial charge < -0.3 is 4.74 Å². The zero-order chi connectivity index (χ0) is 19.0. The van der Waals surface area contributed by atoms with Crippen LogP contribution >= 0.6 is 24.0 Å². The van der Waals surface area contributed by atoms with Gasteiger partial charge in [0.25, 0.3) is 5.91 Å². The summed E-state index contributed by atoms with van der Waals surface area (Å²) in [4.78, 5) is 23.9. The standard InChI is InChI=1S/C17H15N3O4S2/c1-10-4-5-11(2)18(10)19-16(21)15(26-17(19)25)9-12-6-7-14(24-3)13(8-12)20(22)23/h4-9H,1-3H3/b15-9+. The van der Waals surface area contributed by atoms with Gasteiger partial charge in [0.05, 0.1) is 16.9 Å². The second-order valence-corrected chi connectivity index (χ2v) is 7.29. The number of thioether (sulfide) groups is 1. The second kappa shape index (κ2) is 6.93. The smallest absolute Gasteiger partial charge is 0.311 e. The molecule has 9 heteroatoms. The van der Waals surface area contributed by atoms with E-state index >= 15 is 0 Å². The highest BCUT2D eigenvalue weighted by Gasteiger charge is 2.34. The molecule has 1 fully saturated rings. The predicted molar refractivity (Wildman–Crippen MR) is 105 cm³/mol. The summed E-state index contributed by atoms with van der Waals surface area (Å²) in [5.74, 6) is -0.0980. The van der Waals surface area contributed by atoms with E-state index in [-0.39, 0.29) is 17.3 Å². The molecule has 3 rings (SSSR count). The molecule has 0 atom stereocenters. The van der Waals surface area contributed by atoms with E-state index in [9.17, 15) is 14.9 Å². The van der Waals surface area contributed by atoms with Gasteiger partial charge in [-0.3, -0.25) is 19.6 Å². The number of rotatable bonds is 4. The molecule has 2 aromatic rings. The Hall–Kier alpha value is -2.65. The van der Waals surface area contributed by atoms with Gasteiger partial charge in [0.1, 0.15) is 0 Å². The van der Waals surface area contributed by atoms with Crippen LogP contribution in [0.3, 0.4) is 0 Å². The number of nitrogens with zero attached hydrogens (tertiary/aromatic N) is 3. The Labute approximate surface area is 159 Å². The Morgan fingerprint density at radius 3 is 2.46 bits per heavy atom. The van der Waals surface area contributed by atoms with Crippen molar-refractivity contribution in [3.8, 4) is 5.75 Å². The number of carbonyl (C=O) groups is 1. The number of carbonyl (C=O) groups excluding carboxylic acids is 1. The maximum absolute atomic E-state index is 12.8. The largest absolute Gasteiger partial charge is 0.490 e. The molecule has 0 saturated carbocycles. The molecule has 1 amide bonds. The number of hydrogen-bond donors (Lipinski definition) is 0. The molecule has 0 N–H and O–H groups in total. The summed E-state index contributed by atoms with van der Waals surface area (Å²) in [5, 5.41) is 12.6. The third-order valence-electron chi connectivity index (χ3n) is 3.90.